The number of hydrogen-bond donors (Lipinski definition) is 5. The van der Waals surface area contributed by atoms with Gasteiger partial charge in [-0.3, -0.25) is 4.55 Å². The van der Waals surface area contributed by atoms with Gasteiger partial charge in [-0.05, 0) is 18.2 Å². The molecule has 10 nitrogen and oxygen atoms in total. The van der Waals surface area contributed by atoms with Crippen molar-refractivity contribution in [3.05, 3.63) is 29.3 Å². The molecule has 0 amide bonds. The first-order chi connectivity index (χ1) is 18.9. The molecule has 0 saturated carbocycles. The molecule has 40 heavy (non-hydrogen) atoms. The van der Waals surface area contributed by atoms with E-state index in [1.165, 1.54) is 51.4 Å². The van der Waals surface area contributed by atoms with E-state index in [0.29, 0.717) is 25.3 Å². The number of ether oxygens (including phenoxy) is 1. The first-order valence-electron chi connectivity index (χ1n) is 14.3. The van der Waals surface area contributed by atoms with Gasteiger partial charge in [-0.1, -0.05) is 0 Å². The molecular formula is C28H53O10PS. The normalized spacial score (nSPS) is 11.6. The molecule has 0 heterocycles. The maximum atomic E-state index is 10.8. The molecule has 0 aliphatic rings. The van der Waals surface area contributed by atoms with Crippen molar-refractivity contribution >= 4 is 29.3 Å². The summed E-state index contributed by atoms with van der Waals surface area (Å²) in [7, 11) is -5.52. The first-order valence-corrected chi connectivity index (χ1v) is 18.5. The number of hydrogen-bond acceptors (Lipinski definition) is 7. The Morgan fingerprint density at radius 2 is 1.02 bits per heavy atom. The SMILES string of the molecule is CCCC[PH](CCCC)(CCCC)CCCC.O=C(O)c1cc(C(=O)O)cc(S(=O)(=O)O)c1.OCCOCCO. The minimum atomic E-state index is -4.64. The van der Waals surface area contributed by atoms with Gasteiger partial charge in [0.15, 0.2) is 0 Å². The number of aliphatic hydroxyl groups is 2. The minimum absolute atomic E-state index is 0.0278. The second-order valence-corrected chi connectivity index (χ2v) is 16.2. The summed E-state index contributed by atoms with van der Waals surface area (Å²) >= 11 is 0. The second kappa shape index (κ2) is 24.0. The van der Waals surface area contributed by atoms with Gasteiger partial charge in [0, 0.05) is 0 Å². The predicted molar refractivity (Wildman–Crippen MR) is 163 cm³/mol. The number of carboxylic acid groups (broad SMARTS) is 2. The maximum absolute atomic E-state index is 10.8. The van der Waals surface area contributed by atoms with E-state index in [1.807, 2.05) is 0 Å². The number of carbonyl (C=O) groups is 2. The van der Waals surface area contributed by atoms with Crippen LogP contribution in [-0.4, -0.2) is 96.4 Å². The quantitative estimate of drug-likeness (QED) is 0.0786. The topological polar surface area (TPSA) is 179 Å². The Morgan fingerprint density at radius 3 is 1.25 bits per heavy atom. The molecule has 1 aromatic carbocycles. The van der Waals surface area contributed by atoms with Crippen molar-refractivity contribution in [1.29, 1.82) is 0 Å². The summed E-state index contributed by atoms with van der Waals surface area (Å²) in [6.45, 7) is 10.1. The van der Waals surface area contributed by atoms with Crippen molar-refractivity contribution in [3.8, 4) is 0 Å². The third-order valence-electron chi connectivity index (χ3n) is 6.41. The molecule has 5 N–H and O–H groups in total. The molecule has 0 bridgehead atoms. The number of carboxylic acids is 2. The average Bonchev–Trinajstić information content (AvgIpc) is 2.92. The van der Waals surface area contributed by atoms with E-state index >= 15 is 0 Å². The fourth-order valence-electron chi connectivity index (χ4n) is 4.18. The van der Waals surface area contributed by atoms with Crippen LogP contribution in [0.2, 0.25) is 0 Å². The number of benzene rings is 1. The van der Waals surface area contributed by atoms with Crippen LogP contribution < -0.4 is 0 Å². The summed E-state index contributed by atoms with van der Waals surface area (Å²) in [6, 6.07) is 2.13. The van der Waals surface area contributed by atoms with Crippen LogP contribution in [0.25, 0.3) is 0 Å². The van der Waals surface area contributed by atoms with Crippen LogP contribution in [-0.2, 0) is 14.9 Å². The molecule has 1 aromatic rings. The van der Waals surface area contributed by atoms with Gasteiger partial charge in [-0.25, -0.2) is 9.59 Å². The summed E-state index contributed by atoms with van der Waals surface area (Å²) in [4.78, 5) is 20.4. The summed E-state index contributed by atoms with van der Waals surface area (Å²) in [6.07, 6.45) is 18.1. The Balaban J connectivity index is 0. The van der Waals surface area contributed by atoms with Gasteiger partial charge >= 0.3 is 123 Å². The molecule has 12 heteroatoms. The van der Waals surface area contributed by atoms with Crippen molar-refractivity contribution in [2.75, 3.05) is 51.1 Å². The Bertz CT molecular complexity index is 848. The molecule has 1 rings (SSSR count). The molecule has 0 unspecified atom stereocenters. The summed E-state index contributed by atoms with van der Waals surface area (Å²) in [5.41, 5.74) is -1.07. The largest absolute Gasteiger partial charge is 0.478 e. The van der Waals surface area contributed by atoms with Gasteiger partial charge in [0.2, 0.25) is 0 Å². The van der Waals surface area contributed by atoms with Crippen LogP contribution in [0.15, 0.2) is 23.1 Å². The molecule has 0 aromatic heterocycles. The number of rotatable bonds is 19. The fourth-order valence-corrected chi connectivity index (χ4v) is 10.6. The minimum Gasteiger partial charge on any atom is -0.478 e. The average molecular weight is 613 g/mol. The molecule has 0 aliphatic heterocycles. The summed E-state index contributed by atoms with van der Waals surface area (Å²) < 4.78 is 34.8. The van der Waals surface area contributed by atoms with Gasteiger partial charge in [0.25, 0.3) is 10.1 Å². The van der Waals surface area contributed by atoms with E-state index in [9.17, 15) is 18.0 Å². The zero-order valence-corrected chi connectivity index (χ0v) is 26.5. The van der Waals surface area contributed by atoms with Gasteiger partial charge in [-0.15, -0.1) is 0 Å². The third-order valence-corrected chi connectivity index (χ3v) is 12.9. The molecule has 236 valence electrons. The molecule has 0 spiro atoms. The molecular weight excluding hydrogens is 559 g/mol. The number of aromatic carboxylic acids is 2. The van der Waals surface area contributed by atoms with Crippen LogP contribution in [0.5, 0.6) is 0 Å². The van der Waals surface area contributed by atoms with Crippen molar-refractivity contribution < 1.29 is 47.7 Å². The van der Waals surface area contributed by atoms with Crippen LogP contribution >= 0.6 is 7.26 Å². The van der Waals surface area contributed by atoms with Gasteiger partial charge in [0.1, 0.15) is 0 Å². The molecule has 0 saturated heterocycles. The number of unbranched alkanes of at least 4 members (excludes halogenated alkanes) is 4. The summed E-state index contributed by atoms with van der Waals surface area (Å²) in [5, 5.41) is 33.4. The molecule has 0 radical (unpaired) electrons. The Hall–Kier alpha value is -1.62. The van der Waals surface area contributed by atoms with Crippen molar-refractivity contribution in [3.63, 3.8) is 0 Å². The Labute approximate surface area is 241 Å². The maximum Gasteiger partial charge on any atom is 0.335 e. The van der Waals surface area contributed by atoms with E-state index in [1.54, 1.807) is 24.6 Å². The molecule has 0 fully saturated rings. The predicted octanol–water partition coefficient (Wildman–Crippen LogP) is 5.25. The summed E-state index contributed by atoms with van der Waals surface area (Å²) in [5.74, 6) is -2.99. The van der Waals surface area contributed by atoms with Crippen LogP contribution in [0.4, 0.5) is 0 Å². The van der Waals surface area contributed by atoms with Gasteiger partial charge in [-0.2, -0.15) is 8.42 Å². The van der Waals surface area contributed by atoms with E-state index in [2.05, 4.69) is 32.4 Å². The van der Waals surface area contributed by atoms with E-state index < -0.39 is 45.3 Å². The smallest absolute Gasteiger partial charge is 0.335 e. The Morgan fingerprint density at radius 1 is 0.700 bits per heavy atom. The van der Waals surface area contributed by atoms with Crippen LogP contribution in [0.1, 0.15) is 99.8 Å². The fraction of sp³-hybridized carbons (Fsp3) is 0.714. The van der Waals surface area contributed by atoms with Crippen LogP contribution in [0.3, 0.4) is 0 Å². The molecule has 0 aliphatic carbocycles. The van der Waals surface area contributed by atoms with Crippen molar-refractivity contribution in [2.45, 2.75) is 84.0 Å². The first kappa shape index (κ1) is 40.5. The zero-order chi connectivity index (χ0) is 31.0. The van der Waals surface area contributed by atoms with Crippen molar-refractivity contribution in [2.24, 2.45) is 0 Å². The van der Waals surface area contributed by atoms with E-state index in [4.69, 9.17) is 25.0 Å². The zero-order valence-electron chi connectivity index (χ0n) is 24.7. The van der Waals surface area contributed by atoms with Gasteiger partial charge in [0.05, 0.1) is 42.4 Å². The second-order valence-electron chi connectivity index (χ2n) is 9.81. The van der Waals surface area contributed by atoms with Crippen LogP contribution in [0, 0.1) is 0 Å². The third kappa shape index (κ3) is 19.5. The van der Waals surface area contributed by atoms with Gasteiger partial charge < -0.3 is 25.2 Å². The van der Waals surface area contributed by atoms with E-state index in [-0.39, 0.29) is 13.2 Å². The van der Waals surface area contributed by atoms with Crippen molar-refractivity contribution in [1.82, 2.24) is 0 Å². The molecule has 0 atom stereocenters. The number of aliphatic hydroxyl groups excluding tert-OH is 2. The Kier molecular flexibility index (Phi) is 24.3. The standard InChI is InChI=1S/C16H37P.C8H6O7S.C4H10O3/c1-5-9-13-17(14-10-6-2,15-11-7-3)16-12-8-4;9-7(10)4-1-5(8(11)12)3-6(2-4)16(13,14)15;5-1-3-7-4-2-6/h17H,5-16H2,1-4H3;1-3H,(H,9,10)(H,11,12)(H,13,14,15);5-6H,1-4H2. The van der Waals surface area contributed by atoms with E-state index in [0.717, 1.165) is 6.07 Å². The monoisotopic (exact) mass is 612 g/mol.